The van der Waals surface area contributed by atoms with Gasteiger partial charge in [-0.1, -0.05) is 30.3 Å². The molecule has 0 aromatic heterocycles. The van der Waals surface area contributed by atoms with Gasteiger partial charge in [0.05, 0.1) is 12.7 Å². The van der Waals surface area contributed by atoms with E-state index in [0.717, 1.165) is 16.3 Å². The fraction of sp³-hybridized carbons (Fsp3) is 0.368. The number of fused-ring (bicyclic) bond motifs is 1. The van der Waals surface area contributed by atoms with Crippen LogP contribution >= 0.6 is 0 Å². The zero-order valence-electron chi connectivity index (χ0n) is 14.5. The molecule has 1 N–H and O–H groups in total. The summed E-state index contributed by atoms with van der Waals surface area (Å²) in [4.78, 5) is 23.7. The Kier molecular flexibility index (Phi) is 5.44. The molecule has 0 atom stereocenters. The van der Waals surface area contributed by atoms with Crippen LogP contribution in [0.5, 0.6) is 0 Å². The quantitative estimate of drug-likeness (QED) is 0.869. The van der Waals surface area contributed by atoms with E-state index in [0.29, 0.717) is 18.5 Å². The summed E-state index contributed by atoms with van der Waals surface area (Å²) in [6.45, 7) is 5.88. The van der Waals surface area contributed by atoms with Crippen LogP contribution in [-0.2, 0) is 15.9 Å². The minimum absolute atomic E-state index is 0.367. The number of carbonyl (C=O) groups excluding carboxylic acids is 2. The van der Waals surface area contributed by atoms with Crippen LogP contribution in [0.2, 0.25) is 0 Å². The molecule has 0 fully saturated rings. The molecular weight excluding hydrogens is 306 g/mol. The van der Waals surface area contributed by atoms with Gasteiger partial charge in [0.2, 0.25) is 0 Å². The Morgan fingerprint density at radius 1 is 1.08 bits per heavy atom. The molecule has 0 heterocycles. The third kappa shape index (κ3) is 4.47. The summed E-state index contributed by atoms with van der Waals surface area (Å²) in [5, 5.41) is 4.56. The second-order valence-electron chi connectivity index (χ2n) is 6.49. The lowest BCUT2D eigenvalue weighted by atomic mass is 9.97. The molecule has 0 saturated heterocycles. The number of esters is 1. The maximum atomic E-state index is 12.0. The zero-order chi connectivity index (χ0) is 17.7. The third-order valence-corrected chi connectivity index (χ3v) is 3.46. The van der Waals surface area contributed by atoms with Crippen molar-refractivity contribution in [3.05, 3.63) is 47.5 Å². The molecule has 1 amide bonds. The number of nitrogens with one attached hydrogen (secondary N) is 1. The summed E-state index contributed by atoms with van der Waals surface area (Å²) in [5.41, 5.74) is 0.981. The molecule has 5 heteroatoms. The van der Waals surface area contributed by atoms with E-state index in [4.69, 9.17) is 9.47 Å². The summed E-state index contributed by atoms with van der Waals surface area (Å²) in [7, 11) is 1.37. The average Bonchev–Trinajstić information content (AvgIpc) is 2.52. The van der Waals surface area contributed by atoms with Gasteiger partial charge in [-0.3, -0.25) is 0 Å². The Labute approximate surface area is 141 Å². The first kappa shape index (κ1) is 17.8. The van der Waals surface area contributed by atoms with E-state index >= 15 is 0 Å². The summed E-state index contributed by atoms with van der Waals surface area (Å²) in [6.07, 6.45) is 0.140. The first-order chi connectivity index (χ1) is 11.3. The van der Waals surface area contributed by atoms with Crippen LogP contribution in [0.4, 0.5) is 4.79 Å². The van der Waals surface area contributed by atoms with Crippen molar-refractivity contribution in [2.45, 2.75) is 32.8 Å². The van der Waals surface area contributed by atoms with Crippen molar-refractivity contribution in [2.24, 2.45) is 0 Å². The average molecular weight is 329 g/mol. The lowest BCUT2D eigenvalue weighted by molar-refractivity contribution is 0.0527. The second kappa shape index (κ2) is 7.34. The molecule has 0 aliphatic rings. The van der Waals surface area contributed by atoms with Gasteiger partial charge >= 0.3 is 12.1 Å². The fourth-order valence-corrected chi connectivity index (χ4v) is 2.52. The lowest BCUT2D eigenvalue weighted by Crippen LogP contribution is -2.33. The number of alkyl carbamates (subject to hydrolysis) is 1. The largest absolute Gasteiger partial charge is 0.465 e. The smallest absolute Gasteiger partial charge is 0.407 e. The molecular formula is C19H23NO4. The minimum atomic E-state index is -0.526. The van der Waals surface area contributed by atoms with Gasteiger partial charge in [0, 0.05) is 6.54 Å². The van der Waals surface area contributed by atoms with Crippen LogP contribution in [0.25, 0.3) is 10.8 Å². The summed E-state index contributed by atoms with van der Waals surface area (Å²) >= 11 is 0. The Bertz CT molecular complexity index is 741. The van der Waals surface area contributed by atoms with Crippen molar-refractivity contribution in [2.75, 3.05) is 13.7 Å². The van der Waals surface area contributed by atoms with E-state index in [1.165, 1.54) is 7.11 Å². The number of rotatable bonds is 4. The van der Waals surface area contributed by atoms with E-state index in [1.807, 2.05) is 51.1 Å². The zero-order valence-corrected chi connectivity index (χ0v) is 14.5. The molecule has 2 rings (SSSR count). The van der Waals surface area contributed by atoms with Gasteiger partial charge in [-0.05, 0) is 49.6 Å². The topological polar surface area (TPSA) is 64.6 Å². The van der Waals surface area contributed by atoms with Crippen molar-refractivity contribution in [3.8, 4) is 0 Å². The Morgan fingerprint density at radius 3 is 2.38 bits per heavy atom. The standard InChI is InChI=1S/C19H23NO4/c1-19(2,3)24-18(22)20-12-11-14-8-5-7-13-9-6-10-15(16(13)14)17(21)23-4/h5-10H,11-12H2,1-4H3,(H,20,22). The third-order valence-electron chi connectivity index (χ3n) is 3.46. The first-order valence-corrected chi connectivity index (χ1v) is 7.87. The van der Waals surface area contributed by atoms with E-state index in [1.54, 1.807) is 6.07 Å². The monoisotopic (exact) mass is 329 g/mol. The van der Waals surface area contributed by atoms with Crippen molar-refractivity contribution < 1.29 is 19.1 Å². The van der Waals surface area contributed by atoms with Gasteiger partial charge in [0.15, 0.2) is 0 Å². The van der Waals surface area contributed by atoms with Gasteiger partial charge in [0.1, 0.15) is 5.60 Å². The molecule has 0 aliphatic carbocycles. The molecule has 128 valence electrons. The number of ether oxygens (including phenoxy) is 2. The summed E-state index contributed by atoms with van der Waals surface area (Å²) < 4.78 is 10.1. The van der Waals surface area contributed by atoms with E-state index in [9.17, 15) is 9.59 Å². The predicted octanol–water partition coefficient (Wildman–Crippen LogP) is 3.69. The number of hydrogen-bond donors (Lipinski definition) is 1. The number of carbonyl (C=O) groups is 2. The van der Waals surface area contributed by atoms with Gasteiger partial charge in [0.25, 0.3) is 0 Å². The molecule has 0 unspecified atom stereocenters. The van der Waals surface area contributed by atoms with Crippen molar-refractivity contribution in [1.29, 1.82) is 0 Å². The lowest BCUT2D eigenvalue weighted by Gasteiger charge is -2.19. The van der Waals surface area contributed by atoms with Crippen molar-refractivity contribution >= 4 is 22.8 Å². The van der Waals surface area contributed by atoms with E-state index in [2.05, 4.69) is 5.32 Å². The SMILES string of the molecule is COC(=O)c1cccc2cccc(CCNC(=O)OC(C)(C)C)c12. The second-order valence-corrected chi connectivity index (χ2v) is 6.49. The van der Waals surface area contributed by atoms with Crippen LogP contribution in [-0.4, -0.2) is 31.3 Å². The molecule has 5 nitrogen and oxygen atoms in total. The number of amides is 1. The highest BCUT2D eigenvalue weighted by molar-refractivity contribution is 6.05. The predicted molar refractivity (Wildman–Crippen MR) is 93.2 cm³/mol. The molecule has 2 aromatic rings. The Balaban J connectivity index is 2.17. The number of methoxy groups -OCH3 is 1. The molecule has 0 bridgehead atoms. The highest BCUT2D eigenvalue weighted by Gasteiger charge is 2.16. The first-order valence-electron chi connectivity index (χ1n) is 7.87. The Hall–Kier alpha value is -2.56. The number of benzene rings is 2. The maximum Gasteiger partial charge on any atom is 0.407 e. The summed E-state index contributed by atoms with van der Waals surface area (Å²) in [6, 6.07) is 11.4. The van der Waals surface area contributed by atoms with Crippen LogP contribution < -0.4 is 5.32 Å². The van der Waals surface area contributed by atoms with Gasteiger partial charge in [-0.15, -0.1) is 0 Å². The van der Waals surface area contributed by atoms with Crippen LogP contribution in [0.3, 0.4) is 0 Å². The van der Waals surface area contributed by atoms with Crippen LogP contribution in [0.1, 0.15) is 36.7 Å². The van der Waals surface area contributed by atoms with E-state index in [-0.39, 0.29) is 5.97 Å². The summed E-state index contributed by atoms with van der Waals surface area (Å²) in [5.74, 6) is -0.367. The molecule has 24 heavy (non-hydrogen) atoms. The molecule has 0 radical (unpaired) electrons. The molecule has 2 aromatic carbocycles. The fourth-order valence-electron chi connectivity index (χ4n) is 2.52. The minimum Gasteiger partial charge on any atom is -0.465 e. The van der Waals surface area contributed by atoms with Crippen molar-refractivity contribution in [1.82, 2.24) is 5.32 Å². The number of hydrogen-bond acceptors (Lipinski definition) is 4. The highest BCUT2D eigenvalue weighted by Crippen LogP contribution is 2.24. The van der Waals surface area contributed by atoms with E-state index < -0.39 is 11.7 Å². The maximum absolute atomic E-state index is 12.0. The van der Waals surface area contributed by atoms with Gasteiger partial charge in [-0.2, -0.15) is 0 Å². The van der Waals surface area contributed by atoms with Gasteiger partial charge in [-0.25, -0.2) is 9.59 Å². The Morgan fingerprint density at radius 2 is 1.75 bits per heavy atom. The highest BCUT2D eigenvalue weighted by atomic mass is 16.6. The van der Waals surface area contributed by atoms with Crippen LogP contribution in [0.15, 0.2) is 36.4 Å². The molecule has 0 aliphatic heterocycles. The normalized spacial score (nSPS) is 11.2. The van der Waals surface area contributed by atoms with Gasteiger partial charge < -0.3 is 14.8 Å². The van der Waals surface area contributed by atoms with Crippen molar-refractivity contribution in [3.63, 3.8) is 0 Å². The van der Waals surface area contributed by atoms with Crippen LogP contribution in [0, 0.1) is 0 Å². The molecule has 0 spiro atoms. The molecule has 0 saturated carbocycles.